The Morgan fingerprint density at radius 2 is 1.24 bits per heavy atom. The molecule has 0 amide bonds. The first kappa shape index (κ1) is 45.2. The third kappa shape index (κ3) is 13.2. The molecule has 0 aliphatic rings. The van der Waals surface area contributed by atoms with Crippen molar-refractivity contribution in [2.24, 2.45) is 0 Å². The standard InChI is InChI=1S/C10H8Br.C9H6Br.3BrH.3ClH.2Zr/c1-7-5-8-3-2-4-10(11)9(8)6-7;10-9-5-7-3-1-2-4-8(7)6-9;;;;;;;;/h2-6H,1H3;1-6H;6*1H;;/q2*-1;;;;;;;2*+4/p-6. The van der Waals surface area contributed by atoms with Gasteiger partial charge in [-0.1, -0.05) is 55.4 Å². The van der Waals surface area contributed by atoms with Crippen LogP contribution in [-0.4, -0.2) is 0 Å². The largest absolute Gasteiger partial charge is 4.00 e. The topological polar surface area (TPSA) is 0 Å². The number of aryl methyl sites for hydroxylation is 1. The Kier molecular flexibility index (Phi) is 35.1. The van der Waals surface area contributed by atoms with Gasteiger partial charge < -0.3 is 88.2 Å². The van der Waals surface area contributed by atoms with Gasteiger partial charge in [0.2, 0.25) is 0 Å². The normalized spacial score (nSPS) is 7.69. The van der Waals surface area contributed by atoms with Gasteiger partial charge in [0.25, 0.3) is 0 Å². The fourth-order valence-electron chi connectivity index (χ4n) is 2.46. The van der Waals surface area contributed by atoms with Gasteiger partial charge in [-0.2, -0.15) is 12.1 Å². The van der Waals surface area contributed by atoms with Crippen molar-refractivity contribution in [3.8, 4) is 0 Å². The molecular weight excluding hydrogens is 917 g/mol. The van der Waals surface area contributed by atoms with E-state index in [1.54, 1.807) is 0 Å². The molecule has 0 atom stereocenters. The van der Waals surface area contributed by atoms with E-state index in [4.69, 9.17) is 0 Å². The van der Waals surface area contributed by atoms with Crippen molar-refractivity contribution in [1.82, 2.24) is 0 Å². The van der Waals surface area contributed by atoms with Crippen LogP contribution in [0.15, 0.2) is 75.7 Å². The maximum Gasteiger partial charge on any atom is 4.00 e. The summed E-state index contributed by atoms with van der Waals surface area (Å²) in [7, 11) is 0. The van der Waals surface area contributed by atoms with Gasteiger partial charge in [0.15, 0.2) is 0 Å². The maximum absolute atomic E-state index is 3.51. The molecular formula is C19H14Br5Cl3Zr2. The molecule has 0 saturated carbocycles. The molecule has 154 valence electrons. The van der Waals surface area contributed by atoms with Crippen LogP contribution in [0.4, 0.5) is 0 Å². The van der Waals surface area contributed by atoms with E-state index in [-0.39, 0.29) is 141 Å². The summed E-state index contributed by atoms with van der Waals surface area (Å²) < 4.78 is 2.34. The third-order valence-electron chi connectivity index (χ3n) is 3.42. The first-order valence-electron chi connectivity index (χ1n) is 6.76. The second kappa shape index (κ2) is 22.5. The van der Waals surface area contributed by atoms with Crippen molar-refractivity contribution in [3.05, 3.63) is 81.2 Å². The summed E-state index contributed by atoms with van der Waals surface area (Å²) in [6.45, 7) is 2.12. The molecule has 0 fully saturated rings. The summed E-state index contributed by atoms with van der Waals surface area (Å²) in [4.78, 5) is 0. The van der Waals surface area contributed by atoms with Crippen LogP contribution in [0, 0.1) is 6.92 Å². The first-order chi connectivity index (χ1) is 10.1. The zero-order valence-corrected chi connectivity index (χ0v) is 30.0. The molecule has 0 bridgehead atoms. The summed E-state index contributed by atoms with van der Waals surface area (Å²) in [6, 6.07) is 23.2. The van der Waals surface area contributed by atoms with Gasteiger partial charge in [0.1, 0.15) is 0 Å². The molecule has 0 nitrogen and oxygen atoms in total. The fourth-order valence-corrected chi connectivity index (χ4v) is 3.45. The van der Waals surface area contributed by atoms with Gasteiger partial charge in [0.05, 0.1) is 0 Å². The second-order valence-corrected chi connectivity index (χ2v) is 6.85. The van der Waals surface area contributed by atoms with Crippen molar-refractivity contribution < 1.29 is 141 Å². The molecule has 10 heteroatoms. The van der Waals surface area contributed by atoms with Crippen LogP contribution >= 0.6 is 31.9 Å². The Balaban J connectivity index is -0.0000000716. The van der Waals surface area contributed by atoms with E-state index in [1.807, 2.05) is 0 Å². The fraction of sp³-hybridized carbons (Fsp3) is 0.0526. The molecule has 0 aliphatic heterocycles. The van der Waals surface area contributed by atoms with E-state index >= 15 is 0 Å². The van der Waals surface area contributed by atoms with Crippen molar-refractivity contribution in [1.29, 1.82) is 0 Å². The number of rotatable bonds is 0. The van der Waals surface area contributed by atoms with Crippen LogP contribution in [0.2, 0.25) is 0 Å². The van der Waals surface area contributed by atoms with Crippen molar-refractivity contribution >= 4 is 53.4 Å². The summed E-state index contributed by atoms with van der Waals surface area (Å²) in [5, 5.41) is 5.23. The molecule has 0 heterocycles. The summed E-state index contributed by atoms with van der Waals surface area (Å²) >= 11 is 6.93. The zero-order chi connectivity index (χ0) is 14.8. The van der Waals surface area contributed by atoms with E-state index in [9.17, 15) is 0 Å². The van der Waals surface area contributed by atoms with Gasteiger partial charge in [-0.25, -0.2) is 0 Å². The Bertz CT molecular complexity index is 880. The molecule has 4 aromatic carbocycles. The molecule has 0 saturated heterocycles. The number of benzene rings is 2. The predicted molar refractivity (Wildman–Crippen MR) is 99.2 cm³/mol. The van der Waals surface area contributed by atoms with Crippen LogP contribution in [0.1, 0.15) is 5.56 Å². The van der Waals surface area contributed by atoms with E-state index < -0.39 is 0 Å². The summed E-state index contributed by atoms with van der Waals surface area (Å²) in [5.41, 5.74) is 1.33. The molecule has 29 heavy (non-hydrogen) atoms. The second-order valence-electron chi connectivity index (χ2n) is 5.08. The van der Waals surface area contributed by atoms with Gasteiger partial charge in [-0.05, 0) is 4.47 Å². The van der Waals surface area contributed by atoms with Crippen LogP contribution in [0.5, 0.6) is 0 Å². The van der Waals surface area contributed by atoms with Crippen LogP contribution < -0.4 is 88.2 Å². The van der Waals surface area contributed by atoms with Gasteiger partial charge in [-0.15, -0.1) is 69.6 Å². The number of hydrogen-bond donors (Lipinski definition) is 0. The quantitative estimate of drug-likeness (QED) is 0.154. The predicted octanol–water partition coefficient (Wildman–Crippen LogP) is -11.0. The van der Waals surface area contributed by atoms with Gasteiger partial charge in [0, 0.05) is 0 Å². The Morgan fingerprint density at radius 3 is 1.79 bits per heavy atom. The Labute approximate surface area is 277 Å². The van der Waals surface area contributed by atoms with Gasteiger partial charge >= 0.3 is 52.4 Å². The van der Waals surface area contributed by atoms with Crippen molar-refractivity contribution in [2.75, 3.05) is 0 Å². The minimum absolute atomic E-state index is 0. The van der Waals surface area contributed by atoms with Gasteiger partial charge in [-0.3, -0.25) is 0 Å². The molecule has 0 unspecified atom stereocenters. The average molecular weight is 931 g/mol. The average Bonchev–Trinajstić information content (AvgIpc) is 3.01. The summed E-state index contributed by atoms with van der Waals surface area (Å²) in [6.07, 6.45) is 0. The number of halogens is 8. The summed E-state index contributed by atoms with van der Waals surface area (Å²) in [5.74, 6) is 0. The monoisotopic (exact) mass is 921 g/mol. The SMILES string of the molecule is Brc1cc2ccccc2[cH-]1.Cc1cc2c(Br)cccc2[cH-]1.[Br-].[Br-].[Br-].[Cl-].[Cl-].[Cl-].[Zr+4].[Zr+4]. The minimum atomic E-state index is 0. The zero-order valence-electron chi connectivity index (χ0n) is 14.9. The minimum Gasteiger partial charge on any atom is -1.00 e. The van der Waals surface area contributed by atoms with Crippen LogP contribution in [0.3, 0.4) is 0 Å². The van der Waals surface area contributed by atoms with Crippen LogP contribution in [-0.2, 0) is 52.4 Å². The van der Waals surface area contributed by atoms with Crippen molar-refractivity contribution in [2.45, 2.75) is 6.92 Å². The maximum atomic E-state index is 3.51. The molecule has 0 spiro atoms. The Morgan fingerprint density at radius 1 is 0.690 bits per heavy atom. The molecule has 0 N–H and O–H groups in total. The number of hydrogen-bond acceptors (Lipinski definition) is 0. The van der Waals surface area contributed by atoms with Crippen LogP contribution in [0.25, 0.3) is 21.5 Å². The van der Waals surface area contributed by atoms with E-state index in [0.717, 1.165) is 4.47 Å². The Hall–Kier alpha value is 2.70. The van der Waals surface area contributed by atoms with Crippen molar-refractivity contribution in [3.63, 3.8) is 0 Å². The molecule has 0 aromatic heterocycles. The smallest absolute Gasteiger partial charge is 1.00 e. The molecule has 0 aliphatic carbocycles. The van der Waals surface area contributed by atoms with E-state index in [2.05, 4.69) is 106 Å². The molecule has 4 rings (SSSR count). The van der Waals surface area contributed by atoms with E-state index in [0.29, 0.717) is 0 Å². The molecule has 0 radical (unpaired) electrons. The van der Waals surface area contributed by atoms with E-state index in [1.165, 1.54) is 31.6 Å². The third-order valence-corrected chi connectivity index (χ3v) is 4.57. The number of fused-ring (bicyclic) bond motifs is 2. The first-order valence-corrected chi connectivity index (χ1v) is 8.34. The molecule has 4 aromatic rings.